The van der Waals surface area contributed by atoms with Gasteiger partial charge in [-0.3, -0.25) is 4.99 Å². The fourth-order valence-electron chi connectivity index (χ4n) is 3.50. The molecule has 0 aromatic heterocycles. The number of aliphatic imine (C=N–C) groups is 1. The SMILES string of the molecule is C=C(C)C(C)(CCC)CCCC1=NCC(CC)(CC)C1. The van der Waals surface area contributed by atoms with E-state index in [1.807, 2.05) is 0 Å². The van der Waals surface area contributed by atoms with E-state index in [4.69, 9.17) is 4.99 Å². The van der Waals surface area contributed by atoms with Crippen molar-refractivity contribution in [2.24, 2.45) is 15.8 Å². The lowest BCUT2D eigenvalue weighted by Gasteiger charge is -2.30. The molecule has 20 heavy (non-hydrogen) atoms. The van der Waals surface area contributed by atoms with Gasteiger partial charge in [0.2, 0.25) is 0 Å². The summed E-state index contributed by atoms with van der Waals surface area (Å²) in [4.78, 5) is 4.84. The first-order chi connectivity index (χ1) is 9.41. The lowest BCUT2D eigenvalue weighted by atomic mass is 9.75. The second-order valence-electron chi connectivity index (χ2n) is 7.21. The Labute approximate surface area is 127 Å². The van der Waals surface area contributed by atoms with Gasteiger partial charge in [-0.05, 0) is 62.7 Å². The molecule has 0 fully saturated rings. The third kappa shape index (κ3) is 4.20. The van der Waals surface area contributed by atoms with Gasteiger partial charge in [-0.15, -0.1) is 0 Å². The molecule has 0 N–H and O–H groups in total. The Hall–Kier alpha value is -0.590. The van der Waals surface area contributed by atoms with Crippen molar-refractivity contribution in [3.8, 4) is 0 Å². The molecule has 1 nitrogen and oxygen atoms in total. The summed E-state index contributed by atoms with van der Waals surface area (Å²) in [6.07, 6.45) is 10.0. The second-order valence-corrected chi connectivity index (χ2v) is 7.21. The van der Waals surface area contributed by atoms with Crippen molar-refractivity contribution in [2.75, 3.05) is 6.54 Å². The van der Waals surface area contributed by atoms with E-state index in [0.717, 1.165) is 6.54 Å². The molecule has 1 aliphatic heterocycles. The average molecular weight is 277 g/mol. The van der Waals surface area contributed by atoms with E-state index in [1.54, 1.807) is 0 Å². The highest BCUT2D eigenvalue weighted by atomic mass is 14.8. The van der Waals surface area contributed by atoms with Crippen molar-refractivity contribution < 1.29 is 0 Å². The van der Waals surface area contributed by atoms with Crippen LogP contribution in [0.3, 0.4) is 0 Å². The summed E-state index contributed by atoms with van der Waals surface area (Å²) in [7, 11) is 0. The highest BCUT2D eigenvalue weighted by Crippen LogP contribution is 2.39. The molecular weight excluding hydrogens is 242 g/mol. The molecule has 0 amide bonds. The Kier molecular flexibility index (Phi) is 6.48. The summed E-state index contributed by atoms with van der Waals surface area (Å²) in [6, 6.07) is 0. The molecule has 1 rings (SSSR count). The maximum Gasteiger partial charge on any atom is 0.0448 e. The molecule has 0 aliphatic carbocycles. The molecule has 0 aromatic carbocycles. The highest BCUT2D eigenvalue weighted by molar-refractivity contribution is 5.86. The van der Waals surface area contributed by atoms with Gasteiger partial charge >= 0.3 is 0 Å². The van der Waals surface area contributed by atoms with E-state index >= 15 is 0 Å². The Balaban J connectivity index is 2.43. The molecule has 116 valence electrons. The van der Waals surface area contributed by atoms with E-state index in [2.05, 4.69) is 41.2 Å². The van der Waals surface area contributed by atoms with Gasteiger partial charge in [0, 0.05) is 12.3 Å². The predicted molar refractivity (Wildman–Crippen MR) is 91.6 cm³/mol. The minimum Gasteiger partial charge on any atom is -0.294 e. The quantitative estimate of drug-likeness (QED) is 0.445. The topological polar surface area (TPSA) is 12.4 Å². The smallest absolute Gasteiger partial charge is 0.0448 e. The largest absolute Gasteiger partial charge is 0.294 e. The Bertz CT molecular complexity index is 349. The van der Waals surface area contributed by atoms with Crippen LogP contribution in [0.1, 0.15) is 86.0 Å². The van der Waals surface area contributed by atoms with Crippen molar-refractivity contribution in [3.05, 3.63) is 12.2 Å². The van der Waals surface area contributed by atoms with Gasteiger partial charge in [0.25, 0.3) is 0 Å². The molecule has 0 saturated carbocycles. The van der Waals surface area contributed by atoms with Crippen LogP contribution in [0.15, 0.2) is 17.1 Å². The zero-order valence-corrected chi connectivity index (χ0v) is 14.5. The van der Waals surface area contributed by atoms with E-state index < -0.39 is 0 Å². The number of hydrogen-bond donors (Lipinski definition) is 0. The Morgan fingerprint density at radius 1 is 1.25 bits per heavy atom. The van der Waals surface area contributed by atoms with Gasteiger partial charge < -0.3 is 0 Å². The Morgan fingerprint density at radius 3 is 2.35 bits per heavy atom. The normalized spacial score (nSPS) is 20.6. The van der Waals surface area contributed by atoms with Crippen LogP contribution in [0.25, 0.3) is 0 Å². The van der Waals surface area contributed by atoms with Crippen LogP contribution >= 0.6 is 0 Å². The molecule has 1 aliphatic rings. The van der Waals surface area contributed by atoms with Gasteiger partial charge in [-0.2, -0.15) is 0 Å². The van der Waals surface area contributed by atoms with E-state index in [-0.39, 0.29) is 0 Å². The van der Waals surface area contributed by atoms with E-state index in [1.165, 1.54) is 62.7 Å². The minimum absolute atomic E-state index is 0.334. The highest BCUT2D eigenvalue weighted by Gasteiger charge is 2.32. The van der Waals surface area contributed by atoms with E-state index in [9.17, 15) is 0 Å². The number of nitrogens with zero attached hydrogens (tertiary/aromatic N) is 1. The molecule has 0 radical (unpaired) electrons. The number of rotatable bonds is 9. The lowest BCUT2D eigenvalue weighted by molar-refractivity contribution is 0.303. The second kappa shape index (κ2) is 7.43. The minimum atomic E-state index is 0.334. The van der Waals surface area contributed by atoms with Crippen molar-refractivity contribution in [1.82, 2.24) is 0 Å². The summed E-state index contributed by atoms with van der Waals surface area (Å²) in [5.41, 5.74) is 3.66. The predicted octanol–water partition coefficient (Wildman–Crippen LogP) is 6.19. The van der Waals surface area contributed by atoms with Crippen LogP contribution in [0, 0.1) is 10.8 Å². The maximum absolute atomic E-state index is 4.84. The summed E-state index contributed by atoms with van der Waals surface area (Å²) >= 11 is 0. The monoisotopic (exact) mass is 277 g/mol. The zero-order chi connectivity index (χ0) is 15.2. The van der Waals surface area contributed by atoms with Gasteiger partial charge in [0.1, 0.15) is 0 Å². The molecule has 0 saturated heterocycles. The molecule has 0 spiro atoms. The van der Waals surface area contributed by atoms with Crippen LogP contribution in [0.4, 0.5) is 0 Å². The zero-order valence-electron chi connectivity index (χ0n) is 14.5. The molecule has 0 aromatic rings. The Morgan fingerprint density at radius 2 is 1.90 bits per heavy atom. The average Bonchev–Trinajstić information content (AvgIpc) is 2.83. The standard InChI is InChI=1S/C19H35N/c1-7-12-18(6,16(4)5)13-10-11-17-14-19(8-2,9-3)15-20-17/h4,7-15H2,1-3,5-6H3. The van der Waals surface area contributed by atoms with Crippen molar-refractivity contribution in [3.63, 3.8) is 0 Å². The third-order valence-corrected chi connectivity index (χ3v) is 5.74. The first-order valence-corrected chi connectivity index (χ1v) is 8.59. The van der Waals surface area contributed by atoms with Crippen molar-refractivity contribution >= 4 is 5.71 Å². The summed E-state index contributed by atoms with van der Waals surface area (Å²) in [5.74, 6) is 0. The number of hydrogen-bond acceptors (Lipinski definition) is 1. The fourth-order valence-corrected chi connectivity index (χ4v) is 3.50. The van der Waals surface area contributed by atoms with Gasteiger partial charge in [0.05, 0.1) is 0 Å². The summed E-state index contributed by atoms with van der Waals surface area (Å²) in [6.45, 7) is 16.8. The van der Waals surface area contributed by atoms with Crippen LogP contribution in [0.5, 0.6) is 0 Å². The van der Waals surface area contributed by atoms with Crippen LogP contribution in [0.2, 0.25) is 0 Å². The van der Waals surface area contributed by atoms with Crippen LogP contribution < -0.4 is 0 Å². The molecule has 1 heterocycles. The first kappa shape index (κ1) is 17.5. The molecule has 1 atom stereocenters. The van der Waals surface area contributed by atoms with Crippen LogP contribution in [-0.4, -0.2) is 12.3 Å². The number of allylic oxidation sites excluding steroid dienone is 1. The summed E-state index contributed by atoms with van der Waals surface area (Å²) < 4.78 is 0. The molecule has 1 heteroatoms. The van der Waals surface area contributed by atoms with E-state index in [0.29, 0.717) is 10.8 Å². The maximum atomic E-state index is 4.84. The first-order valence-electron chi connectivity index (χ1n) is 8.59. The van der Waals surface area contributed by atoms with Crippen LogP contribution in [-0.2, 0) is 0 Å². The van der Waals surface area contributed by atoms with Crippen molar-refractivity contribution in [1.29, 1.82) is 0 Å². The van der Waals surface area contributed by atoms with Crippen molar-refractivity contribution in [2.45, 2.75) is 86.0 Å². The summed E-state index contributed by atoms with van der Waals surface area (Å²) in [5, 5.41) is 0. The van der Waals surface area contributed by atoms with Gasteiger partial charge in [-0.25, -0.2) is 0 Å². The lowest BCUT2D eigenvalue weighted by Crippen LogP contribution is -2.20. The van der Waals surface area contributed by atoms with Gasteiger partial charge in [0.15, 0.2) is 0 Å². The third-order valence-electron chi connectivity index (χ3n) is 5.74. The fraction of sp³-hybridized carbons (Fsp3) is 0.842. The van der Waals surface area contributed by atoms with Gasteiger partial charge in [-0.1, -0.05) is 46.3 Å². The molecule has 0 bridgehead atoms. The molecule has 1 unspecified atom stereocenters. The molecular formula is C19H35N.